The van der Waals surface area contributed by atoms with Crippen LogP contribution >= 0.6 is 0 Å². The molecule has 26 heavy (non-hydrogen) atoms. The van der Waals surface area contributed by atoms with Gasteiger partial charge >= 0.3 is 17.8 Å². The summed E-state index contributed by atoms with van der Waals surface area (Å²) >= 11 is 0. The number of carbonyl (C=O) groups is 3. The lowest BCUT2D eigenvalue weighted by Gasteiger charge is -2.16. The van der Waals surface area contributed by atoms with Crippen LogP contribution in [0.2, 0.25) is 0 Å². The van der Waals surface area contributed by atoms with Crippen molar-refractivity contribution in [2.45, 2.75) is 13.0 Å². The topological polar surface area (TPSA) is 103 Å². The van der Waals surface area contributed by atoms with Crippen LogP contribution in [0.25, 0.3) is 0 Å². The summed E-state index contributed by atoms with van der Waals surface area (Å²) in [5.74, 6) is -1.52. The van der Waals surface area contributed by atoms with Crippen molar-refractivity contribution in [2.24, 2.45) is 0 Å². The van der Waals surface area contributed by atoms with Gasteiger partial charge in [-0.2, -0.15) is 0 Å². The van der Waals surface area contributed by atoms with Crippen molar-refractivity contribution in [1.82, 2.24) is 15.6 Å². The Hall–Kier alpha value is -3.42. The molecule has 4 amide bonds. The van der Waals surface area contributed by atoms with Gasteiger partial charge in [-0.15, -0.1) is 0 Å². The Morgan fingerprint density at radius 3 is 2.77 bits per heavy atom. The quantitative estimate of drug-likeness (QED) is 0.723. The Kier molecular flexibility index (Phi) is 5.12. The minimum atomic E-state index is -0.774. The molecule has 0 bridgehead atoms. The van der Waals surface area contributed by atoms with Crippen molar-refractivity contribution in [2.75, 3.05) is 23.3 Å². The first-order valence-electron chi connectivity index (χ1n) is 8.22. The van der Waals surface area contributed by atoms with E-state index < -0.39 is 11.8 Å². The summed E-state index contributed by atoms with van der Waals surface area (Å²) < 4.78 is 0. The summed E-state index contributed by atoms with van der Waals surface area (Å²) in [6.07, 6.45) is 3.27. The van der Waals surface area contributed by atoms with Crippen LogP contribution in [0.3, 0.4) is 0 Å². The standard InChI is InChI=1S/C18H19N5O3/c1-12(13-4-3-7-19-11-13)21-16(24)17(25)22-14-5-2-6-15(10-14)23-9-8-20-18(23)26/h2-7,10-12H,8-9H2,1H3,(H,20,26)(H,21,24)(H,22,25)/t12-/m1/s1. The van der Waals surface area contributed by atoms with Crippen molar-refractivity contribution in [3.05, 3.63) is 54.4 Å². The maximum Gasteiger partial charge on any atom is 0.321 e. The first-order valence-corrected chi connectivity index (χ1v) is 8.22. The molecule has 1 atom stereocenters. The summed E-state index contributed by atoms with van der Waals surface area (Å²) in [7, 11) is 0. The summed E-state index contributed by atoms with van der Waals surface area (Å²) in [6, 6.07) is 9.85. The van der Waals surface area contributed by atoms with Gasteiger partial charge in [0, 0.05) is 36.9 Å². The number of hydrogen-bond donors (Lipinski definition) is 3. The van der Waals surface area contributed by atoms with Crippen LogP contribution in [0.5, 0.6) is 0 Å². The van der Waals surface area contributed by atoms with Crippen LogP contribution in [0.4, 0.5) is 16.2 Å². The first kappa shape index (κ1) is 17.4. The van der Waals surface area contributed by atoms with Crippen molar-refractivity contribution >= 4 is 29.2 Å². The van der Waals surface area contributed by atoms with E-state index in [1.54, 1.807) is 54.5 Å². The summed E-state index contributed by atoms with van der Waals surface area (Å²) in [4.78, 5) is 41.5. The fourth-order valence-corrected chi connectivity index (χ4v) is 2.64. The molecular formula is C18H19N5O3. The average Bonchev–Trinajstić information content (AvgIpc) is 3.08. The van der Waals surface area contributed by atoms with E-state index in [-0.39, 0.29) is 12.1 Å². The van der Waals surface area contributed by atoms with Crippen LogP contribution in [-0.2, 0) is 9.59 Å². The minimum Gasteiger partial charge on any atom is -0.341 e. The number of urea groups is 1. The number of amides is 4. The number of aromatic nitrogens is 1. The molecule has 1 aromatic carbocycles. The van der Waals surface area contributed by atoms with Crippen LogP contribution < -0.4 is 20.9 Å². The Morgan fingerprint density at radius 1 is 1.23 bits per heavy atom. The highest BCUT2D eigenvalue weighted by Crippen LogP contribution is 2.21. The second kappa shape index (κ2) is 7.64. The third kappa shape index (κ3) is 3.97. The molecule has 0 radical (unpaired) electrons. The minimum absolute atomic E-state index is 0.184. The first-order chi connectivity index (χ1) is 12.5. The molecule has 0 saturated carbocycles. The van der Waals surface area contributed by atoms with Gasteiger partial charge in [-0.1, -0.05) is 12.1 Å². The fraction of sp³-hybridized carbons (Fsp3) is 0.222. The lowest BCUT2D eigenvalue weighted by molar-refractivity contribution is -0.136. The Labute approximate surface area is 150 Å². The number of hydrogen-bond acceptors (Lipinski definition) is 4. The average molecular weight is 353 g/mol. The van der Waals surface area contributed by atoms with Gasteiger partial charge in [0.15, 0.2) is 0 Å². The van der Waals surface area contributed by atoms with E-state index in [4.69, 9.17) is 0 Å². The normalized spacial score (nSPS) is 14.5. The van der Waals surface area contributed by atoms with Crippen LogP contribution in [0, 0.1) is 0 Å². The lowest BCUT2D eigenvalue weighted by atomic mass is 10.1. The Balaban J connectivity index is 1.62. The summed E-state index contributed by atoms with van der Waals surface area (Å²) in [5, 5.41) is 7.89. The second-order valence-corrected chi connectivity index (χ2v) is 5.87. The zero-order valence-corrected chi connectivity index (χ0v) is 14.2. The van der Waals surface area contributed by atoms with E-state index in [1.807, 2.05) is 6.07 Å². The molecule has 8 nitrogen and oxygen atoms in total. The predicted molar refractivity (Wildman–Crippen MR) is 96.6 cm³/mol. The lowest BCUT2D eigenvalue weighted by Crippen LogP contribution is -2.37. The van der Waals surface area contributed by atoms with E-state index in [1.165, 1.54) is 0 Å². The Bertz CT molecular complexity index is 825. The Morgan fingerprint density at radius 2 is 2.08 bits per heavy atom. The number of pyridine rings is 1. The highest BCUT2D eigenvalue weighted by molar-refractivity contribution is 6.39. The number of anilines is 2. The number of benzene rings is 1. The fourth-order valence-electron chi connectivity index (χ4n) is 2.64. The molecule has 1 aliphatic rings. The van der Waals surface area contributed by atoms with Gasteiger partial charge in [-0.25, -0.2) is 4.79 Å². The maximum atomic E-state index is 12.1. The highest BCUT2D eigenvalue weighted by Gasteiger charge is 2.22. The van der Waals surface area contributed by atoms with Crippen molar-refractivity contribution in [3.63, 3.8) is 0 Å². The van der Waals surface area contributed by atoms with E-state index in [9.17, 15) is 14.4 Å². The van der Waals surface area contributed by atoms with Gasteiger partial charge in [0.25, 0.3) is 0 Å². The van der Waals surface area contributed by atoms with Crippen LogP contribution in [0.1, 0.15) is 18.5 Å². The number of carbonyl (C=O) groups excluding carboxylic acids is 3. The summed E-state index contributed by atoms with van der Waals surface area (Å²) in [5.41, 5.74) is 1.90. The van der Waals surface area contributed by atoms with Gasteiger partial charge in [-0.05, 0) is 36.8 Å². The van der Waals surface area contributed by atoms with Gasteiger partial charge in [0.05, 0.1) is 6.04 Å². The third-order valence-corrected chi connectivity index (χ3v) is 4.01. The molecule has 2 aromatic rings. The SMILES string of the molecule is C[C@@H](NC(=O)C(=O)Nc1cccc(N2CCNC2=O)c1)c1cccnc1. The van der Waals surface area contributed by atoms with Crippen molar-refractivity contribution in [1.29, 1.82) is 0 Å². The van der Waals surface area contributed by atoms with E-state index in [2.05, 4.69) is 20.9 Å². The zero-order chi connectivity index (χ0) is 18.5. The zero-order valence-electron chi connectivity index (χ0n) is 14.2. The molecule has 1 aromatic heterocycles. The van der Waals surface area contributed by atoms with Gasteiger partial charge < -0.3 is 16.0 Å². The van der Waals surface area contributed by atoms with Crippen molar-refractivity contribution < 1.29 is 14.4 Å². The van der Waals surface area contributed by atoms with Crippen LogP contribution in [0.15, 0.2) is 48.8 Å². The predicted octanol–water partition coefficient (Wildman–Crippen LogP) is 1.43. The third-order valence-electron chi connectivity index (χ3n) is 4.01. The molecule has 0 spiro atoms. The maximum absolute atomic E-state index is 12.1. The molecule has 8 heteroatoms. The molecule has 0 unspecified atom stereocenters. The molecule has 3 rings (SSSR count). The second-order valence-electron chi connectivity index (χ2n) is 5.87. The van der Waals surface area contributed by atoms with Gasteiger partial charge in [-0.3, -0.25) is 19.5 Å². The molecule has 1 fully saturated rings. The number of rotatable bonds is 4. The molecule has 0 aliphatic carbocycles. The van der Waals surface area contributed by atoms with Gasteiger partial charge in [0.1, 0.15) is 0 Å². The van der Waals surface area contributed by atoms with E-state index >= 15 is 0 Å². The molecule has 2 heterocycles. The number of nitrogens with zero attached hydrogens (tertiary/aromatic N) is 2. The van der Waals surface area contributed by atoms with Crippen LogP contribution in [-0.4, -0.2) is 35.9 Å². The summed E-state index contributed by atoms with van der Waals surface area (Å²) in [6.45, 7) is 2.90. The molecule has 134 valence electrons. The van der Waals surface area contributed by atoms with E-state index in [0.29, 0.717) is 24.5 Å². The smallest absolute Gasteiger partial charge is 0.321 e. The molecule has 1 saturated heterocycles. The largest absolute Gasteiger partial charge is 0.341 e. The molecule has 1 aliphatic heterocycles. The molecule has 3 N–H and O–H groups in total. The van der Waals surface area contributed by atoms with Gasteiger partial charge in [0.2, 0.25) is 0 Å². The van der Waals surface area contributed by atoms with Crippen molar-refractivity contribution in [3.8, 4) is 0 Å². The number of nitrogens with one attached hydrogen (secondary N) is 3. The van der Waals surface area contributed by atoms with E-state index in [0.717, 1.165) is 5.56 Å². The monoisotopic (exact) mass is 353 g/mol. The highest BCUT2D eigenvalue weighted by atomic mass is 16.2. The molecular weight excluding hydrogens is 334 g/mol.